The first-order chi connectivity index (χ1) is 13.0. The number of carbonyl (C=O) groups is 1. The topological polar surface area (TPSA) is 75.7 Å². The molecule has 1 N–H and O–H groups in total. The van der Waals surface area contributed by atoms with Gasteiger partial charge in [-0.2, -0.15) is 0 Å². The minimum absolute atomic E-state index is 0.161. The number of carbonyl (C=O) groups excluding carboxylic acids is 1. The molecule has 28 heavy (non-hydrogen) atoms. The predicted molar refractivity (Wildman–Crippen MR) is 110 cm³/mol. The zero-order valence-electron chi connectivity index (χ0n) is 16.8. The summed E-state index contributed by atoms with van der Waals surface area (Å²) in [5.41, 5.74) is 2.33. The van der Waals surface area contributed by atoms with Crippen LogP contribution in [0.2, 0.25) is 0 Å². The van der Waals surface area contributed by atoms with Crippen molar-refractivity contribution in [2.45, 2.75) is 38.8 Å². The molecule has 6 nitrogen and oxygen atoms in total. The Morgan fingerprint density at radius 1 is 1.21 bits per heavy atom. The van der Waals surface area contributed by atoms with Crippen molar-refractivity contribution >= 4 is 21.6 Å². The molecule has 0 aliphatic carbocycles. The van der Waals surface area contributed by atoms with E-state index in [0.717, 1.165) is 17.6 Å². The zero-order chi connectivity index (χ0) is 20.7. The quantitative estimate of drug-likeness (QED) is 0.850. The summed E-state index contributed by atoms with van der Waals surface area (Å²) in [5.74, 6) is 0.583. The number of anilines is 1. The van der Waals surface area contributed by atoms with E-state index in [1.807, 2.05) is 38.1 Å². The summed E-state index contributed by atoms with van der Waals surface area (Å²) >= 11 is 0. The van der Waals surface area contributed by atoms with E-state index in [9.17, 15) is 13.2 Å². The van der Waals surface area contributed by atoms with Crippen LogP contribution < -0.4 is 14.4 Å². The molecule has 0 saturated carbocycles. The smallest absolute Gasteiger partial charge is 0.251 e. The molecule has 0 bridgehead atoms. The van der Waals surface area contributed by atoms with Gasteiger partial charge in [-0.05, 0) is 50.6 Å². The van der Waals surface area contributed by atoms with Crippen LogP contribution in [0.1, 0.15) is 47.8 Å². The maximum Gasteiger partial charge on any atom is 0.251 e. The summed E-state index contributed by atoms with van der Waals surface area (Å²) in [6.45, 7) is 5.80. The second-order valence-corrected chi connectivity index (χ2v) is 9.88. The van der Waals surface area contributed by atoms with E-state index in [1.165, 1.54) is 11.4 Å². The van der Waals surface area contributed by atoms with Crippen molar-refractivity contribution in [1.29, 1.82) is 0 Å². The van der Waals surface area contributed by atoms with Gasteiger partial charge >= 0.3 is 0 Å². The molecular formula is C21H26N2O4S. The maximum atomic E-state index is 12.9. The highest BCUT2D eigenvalue weighted by molar-refractivity contribution is 7.92. The molecule has 0 saturated heterocycles. The van der Waals surface area contributed by atoms with Gasteiger partial charge in [0.15, 0.2) is 0 Å². The highest BCUT2D eigenvalue weighted by atomic mass is 32.2. The van der Waals surface area contributed by atoms with Crippen molar-refractivity contribution in [3.8, 4) is 5.75 Å². The standard InChI is InChI=1S/C21H26N2O4S/c1-14-12-15(10-11-18(14)23(4)28(5,25)26)20(24)22-17-13-21(2,3)27-19-9-7-6-8-16(17)19/h6-12,17H,13H2,1-5H3,(H,22,24)/t17-/m0/s1. The van der Waals surface area contributed by atoms with Crippen LogP contribution in [-0.4, -0.2) is 33.2 Å². The molecule has 0 fully saturated rings. The van der Waals surface area contributed by atoms with Gasteiger partial charge in [0.25, 0.3) is 5.91 Å². The lowest BCUT2D eigenvalue weighted by Gasteiger charge is -2.37. The van der Waals surface area contributed by atoms with E-state index in [2.05, 4.69) is 5.32 Å². The molecule has 3 rings (SSSR count). The highest BCUT2D eigenvalue weighted by Gasteiger charge is 2.34. The number of para-hydroxylation sites is 1. The Labute approximate surface area is 166 Å². The number of rotatable bonds is 4. The van der Waals surface area contributed by atoms with Crippen LogP contribution in [0.25, 0.3) is 0 Å². The van der Waals surface area contributed by atoms with Crippen LogP contribution in [-0.2, 0) is 10.0 Å². The van der Waals surface area contributed by atoms with E-state index in [4.69, 9.17) is 4.74 Å². The third-order valence-corrected chi connectivity index (χ3v) is 6.17. The normalized spacial score (nSPS) is 18.0. The lowest BCUT2D eigenvalue weighted by Crippen LogP contribution is -2.41. The van der Waals surface area contributed by atoms with E-state index in [0.29, 0.717) is 23.2 Å². The monoisotopic (exact) mass is 402 g/mol. The van der Waals surface area contributed by atoms with Crippen LogP contribution >= 0.6 is 0 Å². The minimum atomic E-state index is -3.36. The van der Waals surface area contributed by atoms with Crippen LogP contribution in [0.15, 0.2) is 42.5 Å². The Balaban J connectivity index is 1.85. The van der Waals surface area contributed by atoms with Crippen molar-refractivity contribution < 1.29 is 17.9 Å². The second kappa shape index (κ2) is 7.13. The van der Waals surface area contributed by atoms with Gasteiger partial charge in [-0.15, -0.1) is 0 Å². The fourth-order valence-corrected chi connectivity index (χ4v) is 4.06. The molecule has 0 aromatic heterocycles. The molecule has 0 unspecified atom stereocenters. The van der Waals surface area contributed by atoms with Gasteiger partial charge in [-0.3, -0.25) is 9.10 Å². The van der Waals surface area contributed by atoms with Crippen LogP contribution in [0.3, 0.4) is 0 Å². The second-order valence-electron chi connectivity index (χ2n) is 7.86. The molecule has 1 amide bonds. The SMILES string of the molecule is Cc1cc(C(=O)N[C@H]2CC(C)(C)Oc3ccccc32)ccc1N(C)S(C)(=O)=O. The molecule has 1 atom stereocenters. The number of sulfonamides is 1. The number of nitrogens with zero attached hydrogens (tertiary/aromatic N) is 1. The van der Waals surface area contributed by atoms with Crippen molar-refractivity contribution in [2.75, 3.05) is 17.6 Å². The fourth-order valence-electron chi connectivity index (χ4n) is 3.50. The zero-order valence-corrected chi connectivity index (χ0v) is 17.6. The molecule has 2 aromatic rings. The number of aryl methyl sites for hydroxylation is 1. The third-order valence-electron chi connectivity index (χ3n) is 4.98. The highest BCUT2D eigenvalue weighted by Crippen LogP contribution is 2.39. The molecule has 150 valence electrons. The summed E-state index contributed by atoms with van der Waals surface area (Å²) in [5, 5.41) is 3.10. The average Bonchev–Trinajstić information content (AvgIpc) is 2.59. The van der Waals surface area contributed by atoms with Gasteiger partial charge in [0.1, 0.15) is 11.4 Å². The first-order valence-electron chi connectivity index (χ1n) is 9.11. The first kappa shape index (κ1) is 20.2. The number of hydrogen-bond acceptors (Lipinski definition) is 4. The van der Waals surface area contributed by atoms with Crippen LogP contribution in [0.5, 0.6) is 5.75 Å². The van der Waals surface area contributed by atoms with Crippen molar-refractivity contribution in [3.05, 3.63) is 59.2 Å². The van der Waals surface area contributed by atoms with E-state index in [-0.39, 0.29) is 17.6 Å². The Morgan fingerprint density at radius 2 is 1.89 bits per heavy atom. The summed E-state index contributed by atoms with van der Waals surface area (Å²) in [6.07, 6.45) is 1.81. The van der Waals surface area contributed by atoms with E-state index in [1.54, 1.807) is 25.1 Å². The number of benzene rings is 2. The molecular weight excluding hydrogens is 376 g/mol. The largest absolute Gasteiger partial charge is 0.487 e. The van der Waals surface area contributed by atoms with Crippen molar-refractivity contribution in [2.24, 2.45) is 0 Å². The molecule has 2 aromatic carbocycles. The summed E-state index contributed by atoms with van der Waals surface area (Å²) < 4.78 is 30.8. The third kappa shape index (κ3) is 4.14. The molecule has 0 spiro atoms. The lowest BCUT2D eigenvalue weighted by atomic mass is 9.89. The van der Waals surface area contributed by atoms with Gasteiger partial charge in [0.05, 0.1) is 18.0 Å². The predicted octanol–water partition coefficient (Wildman–Crippen LogP) is 3.42. The summed E-state index contributed by atoms with van der Waals surface area (Å²) in [7, 11) is -1.86. The summed E-state index contributed by atoms with van der Waals surface area (Å²) in [6, 6.07) is 12.6. The van der Waals surface area contributed by atoms with E-state index >= 15 is 0 Å². The van der Waals surface area contributed by atoms with Gasteiger partial charge in [0.2, 0.25) is 10.0 Å². The van der Waals surface area contributed by atoms with Gasteiger partial charge in [-0.1, -0.05) is 18.2 Å². The Kier molecular flexibility index (Phi) is 5.14. The Morgan fingerprint density at radius 3 is 2.54 bits per heavy atom. The number of nitrogens with one attached hydrogen (secondary N) is 1. The molecule has 0 radical (unpaired) electrons. The average molecular weight is 403 g/mol. The number of ether oxygens (including phenoxy) is 1. The molecule has 7 heteroatoms. The Bertz CT molecular complexity index is 1010. The minimum Gasteiger partial charge on any atom is -0.487 e. The van der Waals surface area contributed by atoms with Gasteiger partial charge < -0.3 is 10.1 Å². The van der Waals surface area contributed by atoms with Crippen molar-refractivity contribution in [3.63, 3.8) is 0 Å². The first-order valence-corrected chi connectivity index (χ1v) is 11.0. The molecule has 1 aliphatic rings. The molecule has 1 heterocycles. The Hall–Kier alpha value is -2.54. The van der Waals surface area contributed by atoms with Crippen molar-refractivity contribution in [1.82, 2.24) is 5.32 Å². The summed E-state index contributed by atoms with van der Waals surface area (Å²) in [4.78, 5) is 12.9. The van der Waals surface area contributed by atoms with Crippen LogP contribution in [0, 0.1) is 6.92 Å². The lowest BCUT2D eigenvalue weighted by molar-refractivity contribution is 0.0619. The van der Waals surface area contributed by atoms with Crippen LogP contribution in [0.4, 0.5) is 5.69 Å². The number of hydrogen-bond donors (Lipinski definition) is 1. The van der Waals surface area contributed by atoms with Gasteiger partial charge in [0, 0.05) is 24.6 Å². The van der Waals surface area contributed by atoms with E-state index < -0.39 is 10.0 Å². The maximum absolute atomic E-state index is 12.9. The number of fused-ring (bicyclic) bond motifs is 1. The van der Waals surface area contributed by atoms with Gasteiger partial charge in [-0.25, -0.2) is 8.42 Å². The fraction of sp³-hybridized carbons (Fsp3) is 0.381. The number of amides is 1. The molecule has 1 aliphatic heterocycles.